The van der Waals surface area contributed by atoms with E-state index in [1.807, 2.05) is 0 Å². The van der Waals surface area contributed by atoms with Gasteiger partial charge in [0.1, 0.15) is 0 Å². The fraction of sp³-hybridized carbons (Fsp3) is 0.385. The van der Waals surface area contributed by atoms with Crippen molar-refractivity contribution in [1.82, 2.24) is 0 Å². The van der Waals surface area contributed by atoms with Crippen LogP contribution in [-0.4, -0.2) is 5.33 Å². The Bertz CT molecular complexity index is 311. The second kappa shape index (κ2) is 5.35. The van der Waals surface area contributed by atoms with Crippen LogP contribution in [0.25, 0.3) is 6.08 Å². The summed E-state index contributed by atoms with van der Waals surface area (Å²) in [7, 11) is 0. The summed E-state index contributed by atoms with van der Waals surface area (Å²) >= 11 is 3.51. The topological polar surface area (TPSA) is 0 Å². The largest absolute Gasteiger partial charge is 0.0880 e. The summed E-state index contributed by atoms with van der Waals surface area (Å²) in [4.78, 5) is 0. The number of aryl methyl sites for hydroxylation is 2. The molecule has 0 N–H and O–H groups in total. The minimum Gasteiger partial charge on any atom is -0.0880 e. The Hall–Kier alpha value is -0.560. The van der Waals surface area contributed by atoms with E-state index in [-0.39, 0.29) is 0 Å². The zero-order chi connectivity index (χ0) is 10.6. The molecule has 0 atom stereocenters. The van der Waals surface area contributed by atoms with Gasteiger partial charge >= 0.3 is 0 Å². The minimum absolute atomic E-state index is 0.970. The zero-order valence-electron chi connectivity index (χ0n) is 9.10. The van der Waals surface area contributed by atoms with Gasteiger partial charge in [0, 0.05) is 5.33 Å². The Morgan fingerprint density at radius 1 is 1.29 bits per heavy atom. The van der Waals surface area contributed by atoms with Gasteiger partial charge in [0.25, 0.3) is 0 Å². The average molecular weight is 253 g/mol. The number of rotatable bonds is 3. The molecule has 0 bridgehead atoms. The summed E-state index contributed by atoms with van der Waals surface area (Å²) in [6.07, 6.45) is 3.42. The van der Waals surface area contributed by atoms with Crippen LogP contribution in [0, 0.1) is 13.8 Å². The Morgan fingerprint density at radius 2 is 1.86 bits per heavy atom. The third-order valence-electron chi connectivity index (χ3n) is 2.52. The van der Waals surface area contributed by atoms with Crippen LogP contribution in [0.3, 0.4) is 0 Å². The van der Waals surface area contributed by atoms with Crippen LogP contribution < -0.4 is 0 Å². The molecule has 0 amide bonds. The molecule has 0 aliphatic rings. The van der Waals surface area contributed by atoms with Crippen LogP contribution in [0.1, 0.15) is 30.0 Å². The van der Waals surface area contributed by atoms with E-state index in [1.165, 1.54) is 22.3 Å². The molecule has 14 heavy (non-hydrogen) atoms. The third kappa shape index (κ3) is 2.71. The van der Waals surface area contributed by atoms with E-state index in [0.717, 1.165) is 11.8 Å². The highest BCUT2D eigenvalue weighted by Gasteiger charge is 1.99. The molecule has 1 aromatic rings. The highest BCUT2D eigenvalue weighted by Crippen LogP contribution is 2.19. The number of halogens is 1. The van der Waals surface area contributed by atoms with Gasteiger partial charge < -0.3 is 0 Å². The zero-order valence-corrected chi connectivity index (χ0v) is 10.7. The Balaban J connectivity index is 3.12. The first kappa shape index (κ1) is 11.5. The normalized spacial score (nSPS) is 11.9. The van der Waals surface area contributed by atoms with Gasteiger partial charge in [0.2, 0.25) is 0 Å². The third-order valence-corrected chi connectivity index (χ3v) is 3.24. The first-order valence-electron chi connectivity index (χ1n) is 5.00. The first-order chi connectivity index (χ1) is 6.69. The molecule has 0 aromatic heterocycles. The maximum atomic E-state index is 3.51. The van der Waals surface area contributed by atoms with Gasteiger partial charge in [-0.25, -0.2) is 0 Å². The van der Waals surface area contributed by atoms with Gasteiger partial charge in [-0.1, -0.05) is 52.7 Å². The lowest BCUT2D eigenvalue weighted by Crippen LogP contribution is -1.89. The highest BCUT2D eigenvalue weighted by molar-refractivity contribution is 9.09. The molecule has 0 aliphatic heterocycles. The number of allylic oxidation sites excluding steroid dienone is 1. The summed E-state index contributed by atoms with van der Waals surface area (Å²) in [6, 6.07) is 6.45. The molecule has 0 unspecified atom stereocenters. The molecule has 0 aliphatic carbocycles. The first-order valence-corrected chi connectivity index (χ1v) is 6.12. The molecular weight excluding hydrogens is 236 g/mol. The lowest BCUT2D eigenvalue weighted by atomic mass is 10.0. The molecule has 0 saturated heterocycles. The number of benzene rings is 1. The molecule has 0 saturated carbocycles. The van der Waals surface area contributed by atoms with Gasteiger partial charge in [-0.2, -0.15) is 0 Å². The van der Waals surface area contributed by atoms with Crippen molar-refractivity contribution in [3.05, 3.63) is 40.5 Å². The van der Waals surface area contributed by atoms with Crippen LogP contribution in [0.5, 0.6) is 0 Å². The quantitative estimate of drug-likeness (QED) is 0.696. The average Bonchev–Trinajstić information content (AvgIpc) is 2.18. The van der Waals surface area contributed by atoms with Gasteiger partial charge in [-0.15, -0.1) is 0 Å². The van der Waals surface area contributed by atoms with Gasteiger partial charge in [-0.3, -0.25) is 0 Å². The van der Waals surface area contributed by atoms with Crippen LogP contribution in [0.4, 0.5) is 0 Å². The van der Waals surface area contributed by atoms with Crippen molar-refractivity contribution >= 4 is 22.0 Å². The number of hydrogen-bond donors (Lipinski definition) is 0. The Kier molecular flexibility index (Phi) is 4.40. The molecule has 0 radical (unpaired) electrons. The Morgan fingerprint density at radius 3 is 2.29 bits per heavy atom. The van der Waals surface area contributed by atoms with E-state index in [4.69, 9.17) is 0 Å². The van der Waals surface area contributed by atoms with E-state index < -0.39 is 0 Å². The number of alkyl halides is 1. The van der Waals surface area contributed by atoms with Crippen LogP contribution in [-0.2, 0) is 0 Å². The summed E-state index contributed by atoms with van der Waals surface area (Å²) in [5, 5.41) is 0.970. The van der Waals surface area contributed by atoms with Gasteiger partial charge in [-0.05, 0) is 37.0 Å². The fourth-order valence-corrected chi connectivity index (χ4v) is 2.05. The molecule has 76 valence electrons. The van der Waals surface area contributed by atoms with E-state index in [1.54, 1.807) is 0 Å². The lowest BCUT2D eigenvalue weighted by Gasteiger charge is -2.07. The molecule has 0 heterocycles. The minimum atomic E-state index is 0.970. The van der Waals surface area contributed by atoms with Gasteiger partial charge in [0.15, 0.2) is 0 Å². The summed E-state index contributed by atoms with van der Waals surface area (Å²) in [5.74, 6) is 0. The summed E-state index contributed by atoms with van der Waals surface area (Å²) in [5.41, 5.74) is 5.54. The standard InChI is InChI=1S/C13H17Br/c1-4-12(9-14)8-13-10(2)6-5-7-11(13)3/h5-8H,4,9H2,1-3H3/b12-8-. The molecule has 0 nitrogen and oxygen atoms in total. The summed E-state index contributed by atoms with van der Waals surface area (Å²) < 4.78 is 0. The Labute approximate surface area is 95.2 Å². The van der Waals surface area contributed by atoms with E-state index >= 15 is 0 Å². The highest BCUT2D eigenvalue weighted by atomic mass is 79.9. The molecule has 1 heteroatoms. The van der Waals surface area contributed by atoms with E-state index in [9.17, 15) is 0 Å². The van der Waals surface area contributed by atoms with Crippen molar-refractivity contribution < 1.29 is 0 Å². The van der Waals surface area contributed by atoms with Crippen molar-refractivity contribution in [2.75, 3.05) is 5.33 Å². The molecule has 1 rings (SSSR count). The van der Waals surface area contributed by atoms with Crippen LogP contribution in [0.15, 0.2) is 23.8 Å². The van der Waals surface area contributed by atoms with Gasteiger partial charge in [0.05, 0.1) is 0 Å². The van der Waals surface area contributed by atoms with Crippen molar-refractivity contribution in [3.8, 4) is 0 Å². The maximum absolute atomic E-state index is 3.51. The number of hydrogen-bond acceptors (Lipinski definition) is 0. The van der Waals surface area contributed by atoms with Crippen LogP contribution >= 0.6 is 15.9 Å². The van der Waals surface area contributed by atoms with Crippen molar-refractivity contribution in [2.24, 2.45) is 0 Å². The second-order valence-corrected chi connectivity index (χ2v) is 4.16. The molecular formula is C13H17Br. The predicted octanol–water partition coefficient (Wildman–Crippen LogP) is 4.49. The molecule has 1 aromatic carbocycles. The monoisotopic (exact) mass is 252 g/mol. The SMILES string of the molecule is CC/C(=C/c1c(C)cccc1C)CBr. The van der Waals surface area contributed by atoms with Crippen molar-refractivity contribution in [2.45, 2.75) is 27.2 Å². The summed E-state index contributed by atoms with van der Waals surface area (Å²) in [6.45, 7) is 6.53. The van der Waals surface area contributed by atoms with E-state index in [0.29, 0.717) is 0 Å². The smallest absolute Gasteiger partial charge is 0.0245 e. The predicted molar refractivity (Wildman–Crippen MR) is 68.0 cm³/mol. The maximum Gasteiger partial charge on any atom is 0.0245 e. The van der Waals surface area contributed by atoms with Crippen molar-refractivity contribution in [3.63, 3.8) is 0 Å². The lowest BCUT2D eigenvalue weighted by molar-refractivity contribution is 1.12. The second-order valence-electron chi connectivity index (χ2n) is 3.60. The van der Waals surface area contributed by atoms with Crippen LogP contribution in [0.2, 0.25) is 0 Å². The molecule has 0 spiro atoms. The molecule has 0 fully saturated rings. The van der Waals surface area contributed by atoms with E-state index in [2.05, 4.69) is 61.0 Å². The fourth-order valence-electron chi connectivity index (χ4n) is 1.49. The van der Waals surface area contributed by atoms with Crippen molar-refractivity contribution in [1.29, 1.82) is 0 Å².